The Morgan fingerprint density at radius 1 is 0.387 bits per heavy atom. The molecule has 1 nitrogen and oxygen atoms in total. The van der Waals surface area contributed by atoms with Crippen molar-refractivity contribution in [1.29, 1.82) is 0 Å². The minimum absolute atomic E-state index is 0.0348. The second-order valence-electron chi connectivity index (χ2n) is 7.30. The number of rotatable bonds is 4. The SMILES string of the molecule is O=c1c(-c2ccccc2)c(-c2ccccc2)[se]c(-c2ccccc2)c1-c1ccccc1. The molecule has 5 aromatic rings. The van der Waals surface area contributed by atoms with Gasteiger partial charge in [0.2, 0.25) is 0 Å². The van der Waals surface area contributed by atoms with E-state index in [1.54, 1.807) is 0 Å². The molecule has 0 unspecified atom stereocenters. The standard InChI is InChI=1S/C29H20OSe/c30-27-25(21-13-5-1-6-14-21)28(23-17-9-3-10-18-23)31-29(24-19-11-4-12-20-24)26(27)22-15-7-2-8-16-22/h1-20H. The predicted octanol–water partition coefficient (Wildman–Crippen LogP) is 6.77. The van der Waals surface area contributed by atoms with Crippen LogP contribution in [0.15, 0.2) is 126 Å². The number of hydrogen-bond donors (Lipinski definition) is 0. The molecule has 0 amide bonds. The summed E-state index contributed by atoms with van der Waals surface area (Å²) in [4.78, 5) is 14.2. The summed E-state index contributed by atoms with van der Waals surface area (Å²) >= 11 is -0.0348. The van der Waals surface area contributed by atoms with E-state index in [4.69, 9.17) is 0 Å². The summed E-state index contributed by atoms with van der Waals surface area (Å²) in [6.07, 6.45) is 0. The Morgan fingerprint density at radius 2 is 0.677 bits per heavy atom. The molecule has 0 saturated carbocycles. The van der Waals surface area contributed by atoms with E-state index in [2.05, 4.69) is 24.3 Å². The molecule has 0 saturated heterocycles. The van der Waals surface area contributed by atoms with Crippen LogP contribution in [0.25, 0.3) is 42.3 Å². The molecule has 0 fully saturated rings. The van der Waals surface area contributed by atoms with Crippen molar-refractivity contribution in [3.05, 3.63) is 132 Å². The van der Waals surface area contributed by atoms with Crippen LogP contribution in [0.4, 0.5) is 0 Å². The van der Waals surface area contributed by atoms with Crippen LogP contribution < -0.4 is 5.43 Å². The molecule has 5 rings (SSSR count). The van der Waals surface area contributed by atoms with Crippen molar-refractivity contribution >= 4 is 14.5 Å². The minimum atomic E-state index is -0.0348. The first-order chi connectivity index (χ1) is 15.3. The second-order valence-corrected chi connectivity index (χ2v) is 9.44. The third-order valence-electron chi connectivity index (χ3n) is 5.31. The summed E-state index contributed by atoms with van der Waals surface area (Å²) in [7, 11) is 0. The molecule has 0 aliphatic rings. The van der Waals surface area contributed by atoms with Crippen molar-refractivity contribution in [3.63, 3.8) is 0 Å². The monoisotopic (exact) mass is 464 g/mol. The van der Waals surface area contributed by atoms with Crippen molar-refractivity contribution < 1.29 is 0 Å². The van der Waals surface area contributed by atoms with E-state index in [0.717, 1.165) is 42.3 Å². The Morgan fingerprint density at radius 3 is 1.00 bits per heavy atom. The van der Waals surface area contributed by atoms with Crippen LogP contribution >= 0.6 is 0 Å². The van der Waals surface area contributed by atoms with Gasteiger partial charge in [-0.2, -0.15) is 0 Å². The first kappa shape index (κ1) is 19.5. The van der Waals surface area contributed by atoms with Crippen molar-refractivity contribution in [3.8, 4) is 42.3 Å². The average Bonchev–Trinajstić information content (AvgIpc) is 2.85. The summed E-state index contributed by atoms with van der Waals surface area (Å²) in [5, 5.41) is 0. The van der Waals surface area contributed by atoms with Crippen LogP contribution in [0.1, 0.15) is 0 Å². The molecular formula is C29H20OSe. The van der Waals surface area contributed by atoms with Gasteiger partial charge in [0.1, 0.15) is 0 Å². The number of benzene rings is 4. The Labute approximate surface area is 188 Å². The molecule has 0 bridgehead atoms. The van der Waals surface area contributed by atoms with E-state index in [9.17, 15) is 4.79 Å². The first-order valence-corrected chi connectivity index (χ1v) is 12.0. The van der Waals surface area contributed by atoms with Crippen LogP contribution in [-0.2, 0) is 0 Å². The van der Waals surface area contributed by atoms with Gasteiger partial charge in [-0.1, -0.05) is 0 Å². The van der Waals surface area contributed by atoms with Crippen molar-refractivity contribution in [2.75, 3.05) is 0 Å². The molecule has 1 heterocycles. The third-order valence-corrected chi connectivity index (χ3v) is 8.01. The van der Waals surface area contributed by atoms with Gasteiger partial charge in [0, 0.05) is 0 Å². The first-order valence-electron chi connectivity index (χ1n) is 10.3. The van der Waals surface area contributed by atoms with Crippen molar-refractivity contribution in [2.24, 2.45) is 0 Å². The molecule has 0 atom stereocenters. The van der Waals surface area contributed by atoms with Gasteiger partial charge in [-0.3, -0.25) is 0 Å². The van der Waals surface area contributed by atoms with Gasteiger partial charge in [-0.05, 0) is 0 Å². The molecular weight excluding hydrogens is 443 g/mol. The van der Waals surface area contributed by atoms with Gasteiger partial charge < -0.3 is 0 Å². The van der Waals surface area contributed by atoms with Crippen LogP contribution in [0.3, 0.4) is 0 Å². The molecule has 0 aliphatic carbocycles. The maximum atomic E-state index is 14.2. The van der Waals surface area contributed by atoms with E-state index < -0.39 is 0 Å². The van der Waals surface area contributed by atoms with Gasteiger partial charge in [0.15, 0.2) is 0 Å². The zero-order valence-corrected chi connectivity index (χ0v) is 18.6. The van der Waals surface area contributed by atoms with Gasteiger partial charge >= 0.3 is 188 Å². The molecule has 0 N–H and O–H groups in total. The van der Waals surface area contributed by atoms with Crippen LogP contribution in [0, 0.1) is 0 Å². The van der Waals surface area contributed by atoms with Crippen molar-refractivity contribution in [2.45, 2.75) is 0 Å². The van der Waals surface area contributed by atoms with E-state index in [1.807, 2.05) is 97.1 Å². The quantitative estimate of drug-likeness (QED) is 0.269. The summed E-state index contributed by atoms with van der Waals surface area (Å²) in [6, 6.07) is 40.9. The maximum absolute atomic E-state index is 14.2. The average molecular weight is 463 g/mol. The van der Waals surface area contributed by atoms with Crippen LogP contribution in [0.5, 0.6) is 0 Å². The third kappa shape index (κ3) is 3.84. The van der Waals surface area contributed by atoms with Crippen molar-refractivity contribution in [1.82, 2.24) is 0 Å². The van der Waals surface area contributed by atoms with E-state index >= 15 is 0 Å². The second kappa shape index (κ2) is 8.73. The summed E-state index contributed by atoms with van der Waals surface area (Å²) in [5.41, 5.74) is 5.95. The van der Waals surface area contributed by atoms with Gasteiger partial charge in [-0.15, -0.1) is 0 Å². The molecule has 31 heavy (non-hydrogen) atoms. The number of hydrogen-bond acceptors (Lipinski definition) is 1. The van der Waals surface area contributed by atoms with Gasteiger partial charge in [0.25, 0.3) is 0 Å². The van der Waals surface area contributed by atoms with E-state index in [1.165, 1.54) is 0 Å². The fraction of sp³-hybridized carbons (Fsp3) is 0. The zero-order valence-electron chi connectivity index (χ0n) is 16.9. The summed E-state index contributed by atoms with van der Waals surface area (Å²) in [5.74, 6) is 0. The Bertz CT molecular complexity index is 1250. The Kier molecular flexibility index (Phi) is 5.50. The Hall–Kier alpha value is -3.45. The molecule has 0 radical (unpaired) electrons. The molecule has 148 valence electrons. The Balaban J connectivity index is 1.92. The van der Waals surface area contributed by atoms with Gasteiger partial charge in [0.05, 0.1) is 0 Å². The normalized spacial score (nSPS) is 10.7. The topological polar surface area (TPSA) is 17.1 Å². The fourth-order valence-corrected chi connectivity index (χ4v) is 6.66. The van der Waals surface area contributed by atoms with Crippen LogP contribution in [0.2, 0.25) is 0 Å². The predicted molar refractivity (Wildman–Crippen MR) is 131 cm³/mol. The molecule has 0 spiro atoms. The fourth-order valence-electron chi connectivity index (χ4n) is 3.85. The van der Waals surface area contributed by atoms with E-state index in [0.29, 0.717) is 0 Å². The summed E-state index contributed by atoms with van der Waals surface area (Å²) in [6.45, 7) is 0. The zero-order chi connectivity index (χ0) is 21.0. The molecule has 4 aromatic carbocycles. The van der Waals surface area contributed by atoms with E-state index in [-0.39, 0.29) is 19.9 Å². The molecule has 1 aromatic heterocycles. The molecule has 2 heteroatoms. The summed E-state index contributed by atoms with van der Waals surface area (Å²) < 4.78 is 2.28. The van der Waals surface area contributed by atoms with Crippen LogP contribution in [-0.4, -0.2) is 14.5 Å². The molecule has 0 aliphatic heterocycles. The van der Waals surface area contributed by atoms with Gasteiger partial charge in [-0.25, -0.2) is 0 Å².